The monoisotopic (exact) mass is 319 g/mol. The SMILES string of the molecule is CN(C(=O)Cc1cccc(Br)c1)c1ncccc1N. The number of hydrogen-bond donors (Lipinski definition) is 1. The number of anilines is 2. The second kappa shape index (κ2) is 5.84. The van der Waals surface area contributed by atoms with Crippen molar-refractivity contribution in [2.24, 2.45) is 0 Å². The van der Waals surface area contributed by atoms with Crippen molar-refractivity contribution in [3.63, 3.8) is 0 Å². The van der Waals surface area contributed by atoms with Gasteiger partial charge in [-0.25, -0.2) is 4.98 Å². The first-order chi connectivity index (χ1) is 9.08. The zero-order valence-corrected chi connectivity index (χ0v) is 12.1. The van der Waals surface area contributed by atoms with E-state index in [1.807, 2.05) is 24.3 Å². The molecule has 0 saturated heterocycles. The number of rotatable bonds is 3. The smallest absolute Gasteiger partial charge is 0.232 e. The molecule has 0 bridgehead atoms. The van der Waals surface area contributed by atoms with Crippen LogP contribution < -0.4 is 10.6 Å². The summed E-state index contributed by atoms with van der Waals surface area (Å²) >= 11 is 3.39. The molecule has 2 aromatic rings. The van der Waals surface area contributed by atoms with Crippen molar-refractivity contribution in [3.8, 4) is 0 Å². The Bertz CT molecular complexity index is 601. The fraction of sp³-hybridized carbons (Fsp3) is 0.143. The van der Waals surface area contributed by atoms with Gasteiger partial charge in [-0.15, -0.1) is 0 Å². The number of benzene rings is 1. The molecule has 1 amide bonds. The predicted octanol–water partition coefficient (Wildman–Crippen LogP) is 2.63. The Morgan fingerprint density at radius 2 is 2.16 bits per heavy atom. The number of nitrogens with zero attached hydrogens (tertiary/aromatic N) is 2. The van der Waals surface area contributed by atoms with Crippen LogP contribution in [0.5, 0.6) is 0 Å². The topological polar surface area (TPSA) is 59.2 Å². The number of carbonyl (C=O) groups is 1. The van der Waals surface area contributed by atoms with E-state index < -0.39 is 0 Å². The van der Waals surface area contributed by atoms with Gasteiger partial charge in [0.1, 0.15) is 0 Å². The van der Waals surface area contributed by atoms with E-state index in [1.54, 1.807) is 25.4 Å². The molecular formula is C14H14BrN3O. The Kier molecular flexibility index (Phi) is 4.16. The van der Waals surface area contributed by atoms with E-state index >= 15 is 0 Å². The van der Waals surface area contributed by atoms with Gasteiger partial charge in [0, 0.05) is 17.7 Å². The van der Waals surface area contributed by atoms with Crippen LogP contribution >= 0.6 is 15.9 Å². The van der Waals surface area contributed by atoms with Gasteiger partial charge in [-0.2, -0.15) is 0 Å². The molecule has 5 heteroatoms. The fourth-order valence-electron chi connectivity index (χ4n) is 1.75. The molecule has 0 spiro atoms. The Balaban J connectivity index is 2.14. The molecule has 0 fully saturated rings. The van der Waals surface area contributed by atoms with Crippen LogP contribution in [0.1, 0.15) is 5.56 Å². The van der Waals surface area contributed by atoms with Crippen LogP contribution in [0.25, 0.3) is 0 Å². The lowest BCUT2D eigenvalue weighted by Crippen LogP contribution is -2.29. The molecule has 4 nitrogen and oxygen atoms in total. The number of carbonyl (C=O) groups excluding carboxylic acids is 1. The van der Waals surface area contributed by atoms with Gasteiger partial charge >= 0.3 is 0 Å². The molecule has 19 heavy (non-hydrogen) atoms. The lowest BCUT2D eigenvalue weighted by atomic mass is 10.1. The first-order valence-electron chi connectivity index (χ1n) is 5.79. The summed E-state index contributed by atoms with van der Waals surface area (Å²) in [6.45, 7) is 0. The zero-order chi connectivity index (χ0) is 13.8. The van der Waals surface area contributed by atoms with Gasteiger partial charge in [-0.3, -0.25) is 9.69 Å². The predicted molar refractivity (Wildman–Crippen MR) is 79.9 cm³/mol. The quantitative estimate of drug-likeness (QED) is 0.946. The van der Waals surface area contributed by atoms with Crippen LogP contribution in [0.2, 0.25) is 0 Å². The summed E-state index contributed by atoms with van der Waals surface area (Å²) in [7, 11) is 1.68. The summed E-state index contributed by atoms with van der Waals surface area (Å²) in [5, 5.41) is 0. The minimum Gasteiger partial charge on any atom is -0.396 e. The van der Waals surface area contributed by atoms with Crippen LogP contribution in [0, 0.1) is 0 Å². The molecule has 2 rings (SSSR count). The Hall–Kier alpha value is -1.88. The van der Waals surface area contributed by atoms with E-state index in [9.17, 15) is 4.79 Å². The number of halogens is 1. The number of hydrogen-bond acceptors (Lipinski definition) is 3. The van der Waals surface area contributed by atoms with Gasteiger partial charge in [0.25, 0.3) is 0 Å². The Morgan fingerprint density at radius 3 is 2.84 bits per heavy atom. The maximum absolute atomic E-state index is 12.2. The standard InChI is InChI=1S/C14H14BrN3O/c1-18(14-12(16)6-3-7-17-14)13(19)9-10-4-2-5-11(15)8-10/h2-8H,9,16H2,1H3. The number of aromatic nitrogens is 1. The highest BCUT2D eigenvalue weighted by Crippen LogP contribution is 2.19. The second-order valence-electron chi connectivity index (χ2n) is 4.18. The van der Waals surface area contributed by atoms with Crippen molar-refractivity contribution in [3.05, 3.63) is 52.6 Å². The maximum Gasteiger partial charge on any atom is 0.232 e. The summed E-state index contributed by atoms with van der Waals surface area (Å²) in [5.74, 6) is 0.436. The molecule has 0 saturated carbocycles. The van der Waals surface area contributed by atoms with Crippen molar-refractivity contribution >= 4 is 33.3 Å². The normalized spacial score (nSPS) is 10.2. The lowest BCUT2D eigenvalue weighted by Gasteiger charge is -2.17. The summed E-state index contributed by atoms with van der Waals surface area (Å²) in [6, 6.07) is 11.1. The van der Waals surface area contributed by atoms with E-state index in [-0.39, 0.29) is 5.91 Å². The summed E-state index contributed by atoms with van der Waals surface area (Å²) < 4.78 is 0.956. The maximum atomic E-state index is 12.2. The van der Waals surface area contributed by atoms with Gasteiger partial charge in [-0.05, 0) is 29.8 Å². The fourth-order valence-corrected chi connectivity index (χ4v) is 2.19. The zero-order valence-electron chi connectivity index (χ0n) is 10.5. The lowest BCUT2D eigenvalue weighted by molar-refractivity contribution is -0.117. The minimum absolute atomic E-state index is 0.0523. The number of likely N-dealkylation sites (N-methyl/N-ethyl adjacent to an activating group) is 1. The van der Waals surface area contributed by atoms with Gasteiger partial charge in [0.15, 0.2) is 5.82 Å². The molecule has 0 atom stereocenters. The number of nitrogens with two attached hydrogens (primary N) is 1. The molecule has 1 aromatic carbocycles. The summed E-state index contributed by atoms with van der Waals surface area (Å²) in [5.41, 5.74) is 7.25. The highest BCUT2D eigenvalue weighted by Gasteiger charge is 2.14. The molecule has 98 valence electrons. The molecule has 0 radical (unpaired) electrons. The van der Waals surface area contributed by atoms with Gasteiger partial charge in [-0.1, -0.05) is 28.1 Å². The third-order valence-electron chi connectivity index (χ3n) is 2.75. The molecule has 1 aromatic heterocycles. The third kappa shape index (κ3) is 3.32. The van der Waals surface area contributed by atoms with E-state index in [0.29, 0.717) is 17.9 Å². The number of nitrogen functional groups attached to an aromatic ring is 1. The third-order valence-corrected chi connectivity index (χ3v) is 3.25. The highest BCUT2D eigenvalue weighted by molar-refractivity contribution is 9.10. The molecule has 0 unspecified atom stereocenters. The van der Waals surface area contributed by atoms with Crippen molar-refractivity contribution in [1.82, 2.24) is 4.98 Å². The molecule has 1 heterocycles. The van der Waals surface area contributed by atoms with Gasteiger partial charge in [0.05, 0.1) is 12.1 Å². The van der Waals surface area contributed by atoms with Crippen LogP contribution in [0.15, 0.2) is 47.1 Å². The van der Waals surface area contributed by atoms with Crippen LogP contribution in [-0.4, -0.2) is 17.9 Å². The van der Waals surface area contributed by atoms with Gasteiger partial charge < -0.3 is 5.73 Å². The van der Waals surface area contributed by atoms with E-state index in [4.69, 9.17) is 5.73 Å². The largest absolute Gasteiger partial charge is 0.396 e. The minimum atomic E-state index is -0.0523. The first-order valence-corrected chi connectivity index (χ1v) is 6.58. The molecular weight excluding hydrogens is 306 g/mol. The van der Waals surface area contributed by atoms with Crippen molar-refractivity contribution in [2.45, 2.75) is 6.42 Å². The molecule has 0 aliphatic carbocycles. The van der Waals surface area contributed by atoms with Crippen LogP contribution in [0.4, 0.5) is 11.5 Å². The number of pyridine rings is 1. The second-order valence-corrected chi connectivity index (χ2v) is 5.09. The molecule has 0 aliphatic rings. The van der Waals surface area contributed by atoms with Crippen molar-refractivity contribution < 1.29 is 4.79 Å². The molecule has 0 aliphatic heterocycles. The van der Waals surface area contributed by atoms with Gasteiger partial charge in [0.2, 0.25) is 5.91 Å². The van der Waals surface area contributed by atoms with E-state index in [0.717, 1.165) is 10.0 Å². The number of amides is 1. The molecule has 2 N–H and O–H groups in total. The Labute approximate surface area is 120 Å². The van der Waals surface area contributed by atoms with Crippen LogP contribution in [-0.2, 0) is 11.2 Å². The average molecular weight is 320 g/mol. The van der Waals surface area contributed by atoms with Crippen molar-refractivity contribution in [1.29, 1.82) is 0 Å². The van der Waals surface area contributed by atoms with Crippen molar-refractivity contribution in [2.75, 3.05) is 17.7 Å². The Morgan fingerprint density at radius 1 is 1.37 bits per heavy atom. The van der Waals surface area contributed by atoms with E-state index in [2.05, 4.69) is 20.9 Å². The average Bonchev–Trinajstić information content (AvgIpc) is 2.38. The summed E-state index contributed by atoms with van der Waals surface area (Å²) in [4.78, 5) is 17.8. The first kappa shape index (κ1) is 13.5. The highest BCUT2D eigenvalue weighted by atomic mass is 79.9. The van der Waals surface area contributed by atoms with Crippen LogP contribution in [0.3, 0.4) is 0 Å². The van der Waals surface area contributed by atoms with E-state index in [1.165, 1.54) is 4.90 Å². The summed E-state index contributed by atoms with van der Waals surface area (Å²) in [6.07, 6.45) is 1.93.